The molecule has 1 aliphatic heterocycles. The van der Waals surface area contributed by atoms with Crippen LogP contribution in [0, 0.1) is 11.7 Å². The molecule has 0 amide bonds. The number of hydrogen-bond acceptors (Lipinski definition) is 1. The maximum absolute atomic E-state index is 14.2. The van der Waals surface area contributed by atoms with Gasteiger partial charge in [-0.1, -0.05) is 46.3 Å². The van der Waals surface area contributed by atoms with Gasteiger partial charge in [0, 0.05) is 21.6 Å². The van der Waals surface area contributed by atoms with E-state index in [0.717, 1.165) is 22.1 Å². The van der Waals surface area contributed by atoms with E-state index in [-0.39, 0.29) is 11.9 Å². The van der Waals surface area contributed by atoms with Crippen molar-refractivity contribution in [3.63, 3.8) is 0 Å². The van der Waals surface area contributed by atoms with Gasteiger partial charge in [-0.05, 0) is 42.2 Å². The molecule has 1 aliphatic carbocycles. The summed E-state index contributed by atoms with van der Waals surface area (Å²) in [5.41, 5.74) is 3.18. The van der Waals surface area contributed by atoms with Crippen LogP contribution in [0.4, 0.5) is 10.1 Å². The summed E-state index contributed by atoms with van der Waals surface area (Å²) in [6.45, 7) is 0. The SMILES string of the molecule is Fc1ccccc1[C@@H]1Nc2ccc(Br)cc2[C@@H]2C=CC[C@H]21. The van der Waals surface area contributed by atoms with E-state index >= 15 is 0 Å². The van der Waals surface area contributed by atoms with Gasteiger partial charge in [0.25, 0.3) is 0 Å². The number of halogens is 2. The molecule has 3 atom stereocenters. The first-order valence-corrected chi connectivity index (χ1v) is 8.00. The maximum atomic E-state index is 14.2. The average Bonchev–Trinajstić information content (AvgIpc) is 2.97. The Bertz CT molecular complexity index is 725. The van der Waals surface area contributed by atoms with Gasteiger partial charge in [0.2, 0.25) is 0 Å². The monoisotopic (exact) mass is 343 g/mol. The quantitative estimate of drug-likeness (QED) is 0.682. The van der Waals surface area contributed by atoms with Crippen LogP contribution in [-0.2, 0) is 0 Å². The molecular weight excluding hydrogens is 329 g/mol. The minimum Gasteiger partial charge on any atom is -0.378 e. The first kappa shape index (κ1) is 13.1. The topological polar surface area (TPSA) is 12.0 Å². The molecule has 0 fully saturated rings. The van der Waals surface area contributed by atoms with Gasteiger partial charge < -0.3 is 5.32 Å². The number of anilines is 1. The fourth-order valence-corrected chi connectivity index (χ4v) is 3.98. The summed E-state index contributed by atoms with van der Waals surface area (Å²) < 4.78 is 15.3. The molecule has 21 heavy (non-hydrogen) atoms. The smallest absolute Gasteiger partial charge is 0.128 e. The summed E-state index contributed by atoms with van der Waals surface area (Å²) in [6, 6.07) is 13.4. The lowest BCUT2D eigenvalue weighted by Gasteiger charge is -2.37. The lowest BCUT2D eigenvalue weighted by Crippen LogP contribution is -2.29. The summed E-state index contributed by atoms with van der Waals surface area (Å²) in [7, 11) is 0. The number of hydrogen-bond donors (Lipinski definition) is 1. The van der Waals surface area contributed by atoms with Crippen molar-refractivity contribution in [2.75, 3.05) is 5.32 Å². The molecule has 0 unspecified atom stereocenters. The Labute approximate surface area is 132 Å². The second kappa shape index (κ2) is 4.99. The maximum Gasteiger partial charge on any atom is 0.128 e. The average molecular weight is 344 g/mol. The lowest BCUT2D eigenvalue weighted by molar-refractivity contribution is 0.413. The zero-order valence-corrected chi connectivity index (χ0v) is 13.0. The third-order valence-corrected chi connectivity index (χ3v) is 5.06. The van der Waals surface area contributed by atoms with Crippen LogP contribution in [0.25, 0.3) is 0 Å². The van der Waals surface area contributed by atoms with Crippen LogP contribution in [-0.4, -0.2) is 0 Å². The number of nitrogens with one attached hydrogen (secondary N) is 1. The van der Waals surface area contributed by atoms with Crippen LogP contribution in [0.2, 0.25) is 0 Å². The normalized spacial score (nSPS) is 26.1. The van der Waals surface area contributed by atoms with Crippen LogP contribution in [0.15, 0.2) is 59.1 Å². The van der Waals surface area contributed by atoms with E-state index in [0.29, 0.717) is 11.8 Å². The number of rotatable bonds is 1. The van der Waals surface area contributed by atoms with Crippen LogP contribution in [0.1, 0.15) is 29.5 Å². The summed E-state index contributed by atoms with van der Waals surface area (Å²) in [5.74, 6) is 0.619. The van der Waals surface area contributed by atoms with Crippen LogP contribution >= 0.6 is 15.9 Å². The van der Waals surface area contributed by atoms with Crippen molar-refractivity contribution >= 4 is 21.6 Å². The molecule has 0 saturated carbocycles. The van der Waals surface area contributed by atoms with Crippen LogP contribution in [0.5, 0.6) is 0 Å². The highest BCUT2D eigenvalue weighted by Gasteiger charge is 2.38. The first-order valence-electron chi connectivity index (χ1n) is 7.21. The minimum absolute atomic E-state index is 0.0277. The van der Waals surface area contributed by atoms with Crippen molar-refractivity contribution in [1.82, 2.24) is 0 Å². The van der Waals surface area contributed by atoms with Gasteiger partial charge in [0.15, 0.2) is 0 Å². The van der Waals surface area contributed by atoms with E-state index in [1.807, 2.05) is 18.2 Å². The first-order chi connectivity index (χ1) is 10.2. The van der Waals surface area contributed by atoms with E-state index in [2.05, 4.69) is 45.5 Å². The van der Waals surface area contributed by atoms with Crippen molar-refractivity contribution < 1.29 is 4.39 Å². The molecule has 2 aromatic rings. The highest BCUT2D eigenvalue weighted by molar-refractivity contribution is 9.10. The Morgan fingerprint density at radius 2 is 1.95 bits per heavy atom. The summed E-state index contributed by atoms with van der Waals surface area (Å²) in [4.78, 5) is 0. The van der Waals surface area contributed by atoms with Crippen LogP contribution in [0.3, 0.4) is 0 Å². The lowest BCUT2D eigenvalue weighted by atomic mass is 9.77. The molecule has 0 radical (unpaired) electrons. The third-order valence-electron chi connectivity index (χ3n) is 4.57. The van der Waals surface area contributed by atoms with E-state index in [1.165, 1.54) is 5.56 Å². The highest BCUT2D eigenvalue weighted by Crippen LogP contribution is 2.50. The Kier molecular flexibility index (Phi) is 3.11. The Morgan fingerprint density at radius 3 is 2.81 bits per heavy atom. The van der Waals surface area contributed by atoms with Crippen LogP contribution < -0.4 is 5.32 Å². The number of allylic oxidation sites excluding steroid dienone is 2. The third kappa shape index (κ3) is 2.11. The zero-order valence-electron chi connectivity index (χ0n) is 11.4. The van der Waals surface area contributed by atoms with Gasteiger partial charge in [0.05, 0.1) is 6.04 Å². The van der Waals surface area contributed by atoms with Crippen molar-refractivity contribution in [3.8, 4) is 0 Å². The molecule has 0 spiro atoms. The van der Waals surface area contributed by atoms with Gasteiger partial charge in [-0.2, -0.15) is 0 Å². The van der Waals surface area contributed by atoms with Gasteiger partial charge >= 0.3 is 0 Å². The number of fused-ring (bicyclic) bond motifs is 3. The molecule has 1 heterocycles. The Morgan fingerprint density at radius 1 is 1.10 bits per heavy atom. The summed E-state index contributed by atoms with van der Waals surface area (Å²) in [5, 5.41) is 3.55. The number of benzene rings is 2. The van der Waals surface area contributed by atoms with Gasteiger partial charge in [-0.25, -0.2) is 4.39 Å². The highest BCUT2D eigenvalue weighted by atomic mass is 79.9. The second-order valence-corrected chi connectivity index (χ2v) is 6.64. The predicted molar refractivity (Wildman–Crippen MR) is 86.9 cm³/mol. The Hall–Kier alpha value is -1.61. The van der Waals surface area contributed by atoms with E-state index in [1.54, 1.807) is 12.1 Å². The molecule has 106 valence electrons. The Balaban J connectivity index is 1.82. The molecule has 1 N–H and O–H groups in total. The molecule has 2 aliphatic rings. The molecule has 1 nitrogen and oxygen atoms in total. The largest absolute Gasteiger partial charge is 0.378 e. The predicted octanol–water partition coefficient (Wildman–Crippen LogP) is 5.41. The summed E-state index contributed by atoms with van der Waals surface area (Å²) in [6.07, 6.45) is 5.48. The fourth-order valence-electron chi connectivity index (χ4n) is 3.60. The molecule has 0 bridgehead atoms. The van der Waals surface area contributed by atoms with E-state index in [9.17, 15) is 4.39 Å². The van der Waals surface area contributed by atoms with Crippen molar-refractivity contribution in [2.45, 2.75) is 18.4 Å². The minimum atomic E-state index is -0.124. The van der Waals surface area contributed by atoms with Crippen molar-refractivity contribution in [2.24, 2.45) is 5.92 Å². The van der Waals surface area contributed by atoms with E-state index in [4.69, 9.17) is 0 Å². The second-order valence-electron chi connectivity index (χ2n) is 5.73. The van der Waals surface area contributed by atoms with Gasteiger partial charge in [-0.15, -0.1) is 0 Å². The summed E-state index contributed by atoms with van der Waals surface area (Å²) >= 11 is 3.55. The molecule has 0 saturated heterocycles. The van der Waals surface area contributed by atoms with Crippen molar-refractivity contribution in [1.29, 1.82) is 0 Å². The van der Waals surface area contributed by atoms with Gasteiger partial charge in [-0.3, -0.25) is 0 Å². The molecule has 3 heteroatoms. The molecule has 0 aromatic heterocycles. The standard InChI is InChI=1S/C18H15BrFN/c19-11-8-9-17-15(10-11)12-5-3-6-13(12)18(21-17)14-4-1-2-7-16(14)20/h1-5,7-10,12-13,18,21H,6H2/t12-,13-,18-/m1/s1. The fraction of sp³-hybridized carbons (Fsp3) is 0.222. The van der Waals surface area contributed by atoms with Gasteiger partial charge in [0.1, 0.15) is 5.82 Å². The zero-order chi connectivity index (χ0) is 14.4. The molecule has 4 rings (SSSR count). The molecular formula is C18H15BrFN. The van der Waals surface area contributed by atoms with Crippen molar-refractivity contribution in [3.05, 3.63) is 76.0 Å². The molecule has 2 aromatic carbocycles. The van der Waals surface area contributed by atoms with E-state index < -0.39 is 0 Å².